The summed E-state index contributed by atoms with van der Waals surface area (Å²) in [5.74, 6) is 0.657. The lowest BCUT2D eigenvalue weighted by atomic mass is 10.6. The molecule has 0 unspecified atom stereocenters. The van der Waals surface area contributed by atoms with Crippen molar-refractivity contribution in [1.29, 1.82) is 0 Å². The second kappa shape index (κ2) is 4.37. The molecule has 0 amide bonds. The summed E-state index contributed by atoms with van der Waals surface area (Å²) >= 11 is 0. The van der Waals surface area contributed by atoms with Gasteiger partial charge in [-0.2, -0.15) is 0 Å². The second-order valence-electron chi connectivity index (χ2n) is 3.98. The predicted octanol–water partition coefficient (Wildman–Crippen LogP) is 1.23. The largest absolute Gasteiger partial charge is 0.351 e. The number of nitrogens with one attached hydrogen (secondary N) is 1. The molecule has 1 aliphatic rings. The fourth-order valence-corrected chi connectivity index (χ4v) is 2.55. The molecule has 1 heterocycles. The molecule has 0 saturated heterocycles. The van der Waals surface area contributed by atoms with Crippen LogP contribution in [0.1, 0.15) is 26.2 Å². The van der Waals surface area contributed by atoms with Gasteiger partial charge in [0.1, 0.15) is 4.90 Å². The molecule has 1 saturated carbocycles. The van der Waals surface area contributed by atoms with E-state index in [0.29, 0.717) is 18.4 Å². The first-order valence-corrected chi connectivity index (χ1v) is 7.08. The summed E-state index contributed by atoms with van der Waals surface area (Å²) in [4.78, 5) is 8.22. The Kier molecular flexibility index (Phi) is 3.09. The molecule has 1 aromatic heterocycles. The Balaban J connectivity index is 2.11. The lowest BCUT2D eigenvalue weighted by molar-refractivity contribution is 0.594. The van der Waals surface area contributed by atoms with Gasteiger partial charge in [0.2, 0.25) is 5.95 Å². The van der Waals surface area contributed by atoms with Crippen LogP contribution in [-0.4, -0.2) is 30.2 Å². The van der Waals surface area contributed by atoms with Gasteiger partial charge in [-0.15, -0.1) is 0 Å². The maximum absolute atomic E-state index is 11.7. The number of hydrogen-bond donors (Lipinski definition) is 1. The van der Waals surface area contributed by atoms with Crippen LogP contribution in [0.4, 0.5) is 5.95 Å². The van der Waals surface area contributed by atoms with Crippen LogP contribution in [0.25, 0.3) is 0 Å². The molecule has 1 fully saturated rings. The van der Waals surface area contributed by atoms with E-state index in [9.17, 15) is 8.42 Å². The highest BCUT2D eigenvalue weighted by atomic mass is 32.2. The summed E-state index contributed by atoms with van der Waals surface area (Å²) in [5, 5.41) is 3.11. The summed E-state index contributed by atoms with van der Waals surface area (Å²) in [6, 6.07) is 0.470. The molecule has 1 aliphatic carbocycles. The van der Waals surface area contributed by atoms with E-state index in [1.165, 1.54) is 12.4 Å². The number of aromatic nitrogens is 2. The third-order valence-electron chi connectivity index (χ3n) is 2.37. The van der Waals surface area contributed by atoms with Gasteiger partial charge in [0, 0.05) is 6.04 Å². The van der Waals surface area contributed by atoms with E-state index in [0.717, 1.165) is 12.8 Å². The summed E-state index contributed by atoms with van der Waals surface area (Å²) in [6.45, 7) is 1.83. The lowest BCUT2D eigenvalue weighted by Crippen LogP contribution is -2.09. The van der Waals surface area contributed by atoms with Crippen molar-refractivity contribution in [2.24, 2.45) is 0 Å². The molecule has 5 nitrogen and oxygen atoms in total. The fourth-order valence-electron chi connectivity index (χ4n) is 1.35. The van der Waals surface area contributed by atoms with Crippen LogP contribution in [0, 0.1) is 0 Å². The van der Waals surface area contributed by atoms with Gasteiger partial charge in [-0.1, -0.05) is 6.92 Å². The third kappa shape index (κ3) is 2.69. The Morgan fingerprint density at radius 3 is 2.50 bits per heavy atom. The SMILES string of the molecule is CCCS(=O)(=O)c1cnc(NC2CC2)nc1. The molecule has 0 atom stereocenters. The highest BCUT2D eigenvalue weighted by Crippen LogP contribution is 2.22. The van der Waals surface area contributed by atoms with E-state index < -0.39 is 9.84 Å². The van der Waals surface area contributed by atoms with Crippen LogP contribution in [0.15, 0.2) is 17.3 Å². The molecule has 1 aromatic rings. The first-order chi connectivity index (χ1) is 7.62. The Labute approximate surface area is 95.2 Å². The standard InChI is InChI=1S/C10H15N3O2S/c1-2-5-16(14,15)9-6-11-10(12-7-9)13-8-3-4-8/h6-8H,2-5H2,1H3,(H,11,12,13). The van der Waals surface area contributed by atoms with Crippen LogP contribution in [0.2, 0.25) is 0 Å². The summed E-state index contributed by atoms with van der Waals surface area (Å²) < 4.78 is 23.4. The van der Waals surface area contributed by atoms with E-state index in [-0.39, 0.29) is 10.6 Å². The van der Waals surface area contributed by atoms with Crippen molar-refractivity contribution in [2.45, 2.75) is 37.1 Å². The average molecular weight is 241 g/mol. The number of sulfone groups is 1. The molecule has 0 radical (unpaired) electrons. The molecule has 88 valence electrons. The van der Waals surface area contributed by atoms with E-state index in [1.54, 1.807) is 0 Å². The number of hydrogen-bond acceptors (Lipinski definition) is 5. The van der Waals surface area contributed by atoms with Gasteiger partial charge < -0.3 is 5.32 Å². The van der Waals surface area contributed by atoms with E-state index in [1.807, 2.05) is 6.92 Å². The minimum Gasteiger partial charge on any atom is -0.351 e. The minimum absolute atomic E-state index is 0.145. The molecule has 1 N–H and O–H groups in total. The van der Waals surface area contributed by atoms with E-state index in [4.69, 9.17) is 0 Å². The van der Waals surface area contributed by atoms with Crippen molar-refractivity contribution in [3.05, 3.63) is 12.4 Å². The molecule has 0 aromatic carbocycles. The highest BCUT2D eigenvalue weighted by molar-refractivity contribution is 7.91. The summed E-state index contributed by atoms with van der Waals surface area (Å²) in [7, 11) is -3.19. The zero-order chi connectivity index (χ0) is 11.6. The lowest BCUT2D eigenvalue weighted by Gasteiger charge is -2.04. The normalized spacial score (nSPS) is 16.1. The van der Waals surface area contributed by atoms with Crippen molar-refractivity contribution in [1.82, 2.24) is 9.97 Å². The van der Waals surface area contributed by atoms with Crippen molar-refractivity contribution >= 4 is 15.8 Å². The Hall–Kier alpha value is -1.17. The van der Waals surface area contributed by atoms with Crippen molar-refractivity contribution < 1.29 is 8.42 Å². The number of nitrogens with zero attached hydrogens (tertiary/aromatic N) is 2. The van der Waals surface area contributed by atoms with Gasteiger partial charge in [0.25, 0.3) is 0 Å². The first-order valence-electron chi connectivity index (χ1n) is 5.43. The smallest absolute Gasteiger partial charge is 0.222 e. The quantitative estimate of drug-likeness (QED) is 0.839. The van der Waals surface area contributed by atoms with Crippen LogP contribution in [0.5, 0.6) is 0 Å². The number of rotatable bonds is 5. The monoisotopic (exact) mass is 241 g/mol. The van der Waals surface area contributed by atoms with Crippen molar-refractivity contribution in [3.8, 4) is 0 Å². The highest BCUT2D eigenvalue weighted by Gasteiger charge is 2.22. The zero-order valence-corrected chi connectivity index (χ0v) is 10.00. The second-order valence-corrected chi connectivity index (χ2v) is 6.09. The molecule has 0 spiro atoms. The zero-order valence-electron chi connectivity index (χ0n) is 9.18. The third-order valence-corrected chi connectivity index (χ3v) is 4.25. The van der Waals surface area contributed by atoms with Crippen LogP contribution < -0.4 is 5.32 Å². The Morgan fingerprint density at radius 2 is 2.00 bits per heavy atom. The fraction of sp³-hybridized carbons (Fsp3) is 0.600. The Morgan fingerprint density at radius 1 is 1.38 bits per heavy atom. The average Bonchev–Trinajstić information content (AvgIpc) is 3.02. The first kappa shape index (κ1) is 11.3. The molecule has 0 aliphatic heterocycles. The van der Waals surface area contributed by atoms with Crippen molar-refractivity contribution in [2.75, 3.05) is 11.1 Å². The summed E-state index contributed by atoms with van der Waals surface area (Å²) in [5.41, 5.74) is 0. The van der Waals surface area contributed by atoms with E-state index in [2.05, 4.69) is 15.3 Å². The van der Waals surface area contributed by atoms with Gasteiger partial charge in [0.15, 0.2) is 9.84 Å². The number of anilines is 1. The van der Waals surface area contributed by atoms with Gasteiger partial charge in [-0.3, -0.25) is 0 Å². The van der Waals surface area contributed by atoms with E-state index >= 15 is 0 Å². The van der Waals surface area contributed by atoms with Gasteiger partial charge in [-0.25, -0.2) is 18.4 Å². The maximum Gasteiger partial charge on any atom is 0.222 e. The molecule has 16 heavy (non-hydrogen) atoms. The van der Waals surface area contributed by atoms with Crippen LogP contribution >= 0.6 is 0 Å². The van der Waals surface area contributed by atoms with Crippen LogP contribution in [-0.2, 0) is 9.84 Å². The molecule has 2 rings (SSSR count). The molecule has 6 heteroatoms. The maximum atomic E-state index is 11.7. The Bertz CT molecular complexity index is 451. The van der Waals surface area contributed by atoms with Gasteiger partial charge in [-0.05, 0) is 19.3 Å². The minimum atomic E-state index is -3.19. The topological polar surface area (TPSA) is 72.0 Å². The van der Waals surface area contributed by atoms with Gasteiger partial charge in [0.05, 0.1) is 18.1 Å². The predicted molar refractivity (Wildman–Crippen MR) is 61.0 cm³/mol. The molecular formula is C10H15N3O2S. The molecule has 0 bridgehead atoms. The summed E-state index contributed by atoms with van der Waals surface area (Å²) in [6.07, 6.45) is 5.63. The van der Waals surface area contributed by atoms with Gasteiger partial charge >= 0.3 is 0 Å². The van der Waals surface area contributed by atoms with Crippen LogP contribution in [0.3, 0.4) is 0 Å². The van der Waals surface area contributed by atoms with Crippen molar-refractivity contribution in [3.63, 3.8) is 0 Å². The molecular weight excluding hydrogens is 226 g/mol.